The van der Waals surface area contributed by atoms with Crippen LogP contribution in [0.3, 0.4) is 0 Å². The molecule has 6 rings (SSSR count). The maximum atomic E-state index is 12.8. The summed E-state index contributed by atoms with van der Waals surface area (Å²) in [5, 5.41) is 9.28. The molecular weight excluding hydrogens is 563 g/mol. The fourth-order valence-electron chi connectivity index (χ4n) is 4.50. The fourth-order valence-corrected chi connectivity index (χ4v) is 10.0. The van der Waals surface area contributed by atoms with E-state index in [1.807, 2.05) is 42.8 Å². The molecule has 1 amide bonds. The number of amides is 1. The molecule has 1 aromatic carbocycles. The molecule has 0 N–H and O–H groups in total. The van der Waals surface area contributed by atoms with Gasteiger partial charge in [-0.05, 0) is 35.9 Å². The van der Waals surface area contributed by atoms with E-state index in [9.17, 15) is 10.1 Å². The molecule has 1 aliphatic heterocycles. The number of benzene rings is 1. The number of hydrogen-bond acceptors (Lipinski definition) is 7. The van der Waals surface area contributed by atoms with Gasteiger partial charge in [0.25, 0.3) is 5.70 Å². The summed E-state index contributed by atoms with van der Waals surface area (Å²) in [5.74, 6) is -0.393. The Bertz CT molecular complexity index is 2040. The number of carbonyl (C=O) groups is 1. The molecule has 0 atom stereocenters. The number of thiophene rings is 4. The molecule has 4 aromatic heterocycles. The lowest BCUT2D eigenvalue weighted by molar-refractivity contribution is -0.122. The van der Waals surface area contributed by atoms with Crippen molar-refractivity contribution in [2.45, 2.75) is 0 Å². The summed E-state index contributed by atoms with van der Waals surface area (Å²) >= 11 is 7.10. The SMILES string of the molecule is [C-]#[N+]C1=C(/C=C/c2cc3sc4c5sc(-c6ccc(N(C)C)cc6)cc5sc4c3s2)C(=O)N(C)/C1=C(\C#N)[N+]#[C-]. The van der Waals surface area contributed by atoms with Crippen molar-refractivity contribution in [3.05, 3.63) is 92.8 Å². The van der Waals surface area contributed by atoms with Crippen molar-refractivity contribution < 1.29 is 4.79 Å². The first-order chi connectivity index (χ1) is 18.8. The smallest absolute Gasteiger partial charge is 0.274 e. The Kier molecular flexibility index (Phi) is 6.10. The van der Waals surface area contributed by atoms with Gasteiger partial charge in [-0.25, -0.2) is 15.0 Å². The highest BCUT2D eigenvalue weighted by molar-refractivity contribution is 7.45. The van der Waals surface area contributed by atoms with Crippen LogP contribution < -0.4 is 4.90 Å². The third-order valence-electron chi connectivity index (χ3n) is 6.44. The van der Waals surface area contributed by atoms with E-state index in [0.29, 0.717) is 0 Å². The van der Waals surface area contributed by atoms with Crippen molar-refractivity contribution in [3.8, 4) is 16.5 Å². The van der Waals surface area contributed by atoms with E-state index in [2.05, 4.69) is 51.0 Å². The number of nitrogens with zero attached hydrogens (tertiary/aromatic N) is 5. The summed E-state index contributed by atoms with van der Waals surface area (Å²) in [4.78, 5) is 25.1. The maximum absolute atomic E-state index is 12.8. The van der Waals surface area contributed by atoms with Crippen molar-refractivity contribution >= 4 is 91.2 Å². The van der Waals surface area contributed by atoms with Gasteiger partial charge in [0.05, 0.1) is 43.7 Å². The van der Waals surface area contributed by atoms with Crippen LogP contribution in [0.2, 0.25) is 0 Å². The van der Waals surface area contributed by atoms with E-state index < -0.39 is 5.91 Å². The average molecular weight is 580 g/mol. The van der Waals surface area contributed by atoms with Gasteiger partial charge < -0.3 is 9.80 Å². The number of hydrogen-bond donors (Lipinski definition) is 0. The second-order valence-electron chi connectivity index (χ2n) is 8.94. The van der Waals surface area contributed by atoms with Crippen LogP contribution >= 0.6 is 45.3 Å². The standard InChI is InChI=1S/C29H17N5OS4/c1-31-19(14-30)24-23(32-2)18(29(35)34(24)5)11-10-17-12-21-25(36-17)27-28(38-21)26-22(39-27)13-20(37-26)15-6-8-16(9-7-15)33(3)4/h6-13H,3-5H3/b11-10+,24-19+. The van der Waals surface area contributed by atoms with Gasteiger partial charge in [0.2, 0.25) is 11.6 Å². The normalized spacial score (nSPS) is 15.1. The Morgan fingerprint density at radius 2 is 1.64 bits per heavy atom. The van der Waals surface area contributed by atoms with Gasteiger partial charge in [-0.2, -0.15) is 0 Å². The van der Waals surface area contributed by atoms with E-state index in [1.54, 1.807) is 34.8 Å². The van der Waals surface area contributed by atoms with E-state index in [-0.39, 0.29) is 22.7 Å². The molecule has 0 saturated heterocycles. The third kappa shape index (κ3) is 3.96. The molecule has 10 heteroatoms. The zero-order valence-corrected chi connectivity index (χ0v) is 24.2. The lowest BCUT2D eigenvalue weighted by Gasteiger charge is -2.12. The summed E-state index contributed by atoms with van der Waals surface area (Å²) < 4.78 is 7.65. The summed E-state index contributed by atoms with van der Waals surface area (Å²) in [6, 6.07) is 14.8. The molecule has 188 valence electrons. The quantitative estimate of drug-likeness (QED) is 0.159. The molecule has 39 heavy (non-hydrogen) atoms. The first-order valence-electron chi connectivity index (χ1n) is 11.6. The lowest BCUT2D eigenvalue weighted by Crippen LogP contribution is -2.21. The minimum Gasteiger partial charge on any atom is -0.378 e. The zero-order valence-electron chi connectivity index (χ0n) is 20.9. The lowest BCUT2D eigenvalue weighted by atomic mass is 10.1. The first kappa shape index (κ1) is 25.1. The van der Waals surface area contributed by atoms with Crippen molar-refractivity contribution in [1.29, 1.82) is 5.26 Å². The highest BCUT2D eigenvalue weighted by Gasteiger charge is 2.34. The summed E-state index contributed by atoms with van der Waals surface area (Å²) in [6.45, 7) is 14.8. The first-order valence-corrected chi connectivity index (χ1v) is 14.9. The summed E-state index contributed by atoms with van der Waals surface area (Å²) in [6.07, 6.45) is 3.47. The van der Waals surface area contributed by atoms with E-state index in [1.165, 1.54) is 56.3 Å². The number of allylic oxidation sites excluding steroid dienone is 1. The minimum absolute atomic E-state index is 0.0395. The van der Waals surface area contributed by atoms with Gasteiger partial charge in [0, 0.05) is 51.6 Å². The van der Waals surface area contributed by atoms with Crippen LogP contribution in [-0.4, -0.2) is 32.0 Å². The van der Waals surface area contributed by atoms with Crippen LogP contribution in [0.25, 0.3) is 54.4 Å². The Morgan fingerprint density at radius 1 is 0.974 bits per heavy atom. The number of rotatable bonds is 4. The number of nitriles is 1. The Labute approximate surface area is 240 Å². The fraction of sp³-hybridized carbons (Fsp3) is 0.103. The van der Waals surface area contributed by atoms with E-state index >= 15 is 0 Å². The van der Waals surface area contributed by atoms with Gasteiger partial charge in [-0.15, -0.1) is 45.3 Å². The zero-order chi connectivity index (χ0) is 27.4. The third-order valence-corrected chi connectivity index (χ3v) is 11.7. The van der Waals surface area contributed by atoms with Crippen LogP contribution in [0.1, 0.15) is 4.88 Å². The number of anilines is 1. The summed E-state index contributed by atoms with van der Waals surface area (Å²) in [7, 11) is 5.57. The van der Waals surface area contributed by atoms with Gasteiger partial charge in [0.15, 0.2) is 0 Å². The molecule has 0 unspecified atom stereocenters. The van der Waals surface area contributed by atoms with Crippen molar-refractivity contribution in [1.82, 2.24) is 4.90 Å². The Balaban J connectivity index is 1.35. The van der Waals surface area contributed by atoms with E-state index in [0.717, 1.165) is 4.88 Å². The van der Waals surface area contributed by atoms with Gasteiger partial charge >= 0.3 is 0 Å². The number of likely N-dealkylation sites (N-methyl/N-ethyl adjacent to an activating group) is 1. The van der Waals surface area contributed by atoms with Gasteiger partial charge in [-0.1, -0.05) is 18.2 Å². The molecule has 6 nitrogen and oxygen atoms in total. The van der Waals surface area contributed by atoms with Crippen LogP contribution in [0.15, 0.2) is 65.1 Å². The van der Waals surface area contributed by atoms with Crippen LogP contribution in [0.5, 0.6) is 0 Å². The van der Waals surface area contributed by atoms with Crippen molar-refractivity contribution in [3.63, 3.8) is 0 Å². The predicted molar refractivity (Wildman–Crippen MR) is 165 cm³/mol. The molecule has 5 heterocycles. The highest BCUT2D eigenvalue weighted by Crippen LogP contribution is 2.51. The largest absolute Gasteiger partial charge is 0.378 e. The van der Waals surface area contributed by atoms with E-state index in [4.69, 9.17) is 13.1 Å². The molecule has 0 bridgehead atoms. The molecular formula is C29H17N5OS4. The summed E-state index contributed by atoms with van der Waals surface area (Å²) in [5.41, 5.74) is 2.46. The van der Waals surface area contributed by atoms with Gasteiger partial charge in [0.1, 0.15) is 0 Å². The van der Waals surface area contributed by atoms with Crippen LogP contribution in [-0.2, 0) is 4.79 Å². The molecule has 0 spiro atoms. The molecule has 0 radical (unpaired) electrons. The van der Waals surface area contributed by atoms with Crippen molar-refractivity contribution in [2.75, 3.05) is 26.0 Å². The maximum Gasteiger partial charge on any atom is 0.274 e. The Hall–Kier alpha value is -4.24. The average Bonchev–Trinajstić information content (AvgIpc) is 3.71. The molecule has 0 fully saturated rings. The molecule has 0 aliphatic carbocycles. The second-order valence-corrected chi connectivity index (χ2v) is 13.2. The second kappa shape index (κ2) is 9.50. The molecule has 0 saturated carbocycles. The monoisotopic (exact) mass is 579 g/mol. The highest BCUT2D eigenvalue weighted by atomic mass is 32.1. The van der Waals surface area contributed by atoms with Gasteiger partial charge in [-0.3, -0.25) is 4.79 Å². The number of carbonyl (C=O) groups excluding carboxylic acids is 1. The number of fused-ring (bicyclic) bond motifs is 5. The minimum atomic E-state index is -0.393. The van der Waals surface area contributed by atoms with Crippen LogP contribution in [0.4, 0.5) is 5.69 Å². The van der Waals surface area contributed by atoms with Crippen molar-refractivity contribution in [2.24, 2.45) is 0 Å². The topological polar surface area (TPSA) is 56.1 Å². The Morgan fingerprint density at radius 3 is 2.26 bits per heavy atom. The molecule has 5 aromatic rings. The van der Waals surface area contributed by atoms with Crippen LogP contribution in [0, 0.1) is 24.5 Å². The predicted octanol–water partition coefficient (Wildman–Crippen LogP) is 8.44. The molecule has 1 aliphatic rings.